The minimum Gasteiger partial charge on any atom is -0.396 e. The van der Waals surface area contributed by atoms with Gasteiger partial charge in [0.25, 0.3) is 5.91 Å². The predicted octanol–water partition coefficient (Wildman–Crippen LogP) is 1.61. The summed E-state index contributed by atoms with van der Waals surface area (Å²) >= 11 is 0. The molecule has 0 saturated heterocycles. The lowest BCUT2D eigenvalue weighted by atomic mass is 10.2. The molecule has 0 aromatic rings. The third-order valence-corrected chi connectivity index (χ3v) is 1.43. The van der Waals surface area contributed by atoms with Gasteiger partial charge in [-0.1, -0.05) is 27.4 Å². The van der Waals surface area contributed by atoms with Crippen LogP contribution in [0.1, 0.15) is 27.2 Å². The average molecular weight is 217 g/mol. The third kappa shape index (κ3) is 11.1. The quantitative estimate of drug-likeness (QED) is 0.562. The van der Waals surface area contributed by atoms with Crippen molar-refractivity contribution in [2.75, 3.05) is 20.3 Å². The summed E-state index contributed by atoms with van der Waals surface area (Å²) in [5.41, 5.74) is 0. The smallest absolute Gasteiger partial charge is 0.269 e. The number of hydrogen-bond donors (Lipinski definition) is 1. The van der Waals surface area contributed by atoms with Gasteiger partial charge in [0.2, 0.25) is 0 Å². The maximum Gasteiger partial charge on any atom is 0.269 e. The van der Waals surface area contributed by atoms with E-state index in [4.69, 9.17) is 9.94 Å². The van der Waals surface area contributed by atoms with Gasteiger partial charge in [-0.2, -0.15) is 0 Å². The van der Waals surface area contributed by atoms with Crippen LogP contribution < -0.4 is 0 Å². The lowest BCUT2D eigenvalue weighted by Gasteiger charge is -2.15. The first-order valence-electron chi connectivity index (χ1n) is 5.12. The molecule has 0 aromatic carbocycles. The molecule has 0 aliphatic rings. The summed E-state index contributed by atoms with van der Waals surface area (Å²) in [5, 5.41) is 9.41. The first-order chi connectivity index (χ1) is 7.03. The number of hydroxylamine groups is 2. The van der Waals surface area contributed by atoms with Crippen LogP contribution in [-0.2, 0) is 9.63 Å². The lowest BCUT2D eigenvalue weighted by molar-refractivity contribution is -0.170. The number of aliphatic hydroxyl groups excluding tert-OH is 1. The van der Waals surface area contributed by atoms with Gasteiger partial charge < -0.3 is 5.11 Å². The summed E-state index contributed by atoms with van der Waals surface area (Å²) in [6.45, 7) is 10.2. The van der Waals surface area contributed by atoms with Crippen LogP contribution in [0.15, 0.2) is 12.7 Å². The molecule has 0 atom stereocenters. The van der Waals surface area contributed by atoms with E-state index in [0.29, 0.717) is 19.1 Å². The Morgan fingerprint density at radius 3 is 2.27 bits per heavy atom. The molecule has 0 aromatic heterocycles. The van der Waals surface area contributed by atoms with Crippen molar-refractivity contribution in [2.24, 2.45) is 5.92 Å². The number of nitrogens with zero attached hydrogens (tertiary/aromatic N) is 1. The van der Waals surface area contributed by atoms with Crippen LogP contribution in [-0.4, -0.2) is 36.3 Å². The van der Waals surface area contributed by atoms with Gasteiger partial charge in [-0.05, 0) is 18.4 Å². The predicted molar refractivity (Wildman–Crippen MR) is 61.1 cm³/mol. The van der Waals surface area contributed by atoms with Gasteiger partial charge in [-0.3, -0.25) is 9.63 Å². The van der Waals surface area contributed by atoms with E-state index in [1.54, 1.807) is 0 Å². The highest BCUT2D eigenvalue weighted by Crippen LogP contribution is 1.92. The molecule has 90 valence electrons. The zero-order valence-corrected chi connectivity index (χ0v) is 10.2. The number of carbonyl (C=O) groups excluding carboxylic acids is 1. The second kappa shape index (κ2) is 11.2. The van der Waals surface area contributed by atoms with Gasteiger partial charge in [0.05, 0.1) is 7.11 Å². The van der Waals surface area contributed by atoms with Gasteiger partial charge in [0.1, 0.15) is 0 Å². The molecule has 1 amide bonds. The van der Waals surface area contributed by atoms with Gasteiger partial charge >= 0.3 is 0 Å². The van der Waals surface area contributed by atoms with E-state index in [-0.39, 0.29) is 5.91 Å². The molecule has 15 heavy (non-hydrogen) atoms. The molecule has 0 rings (SSSR count). The van der Waals surface area contributed by atoms with Crippen LogP contribution in [0.5, 0.6) is 0 Å². The van der Waals surface area contributed by atoms with Crippen molar-refractivity contribution in [2.45, 2.75) is 27.2 Å². The minimum absolute atomic E-state index is 0.190. The van der Waals surface area contributed by atoms with Crippen LogP contribution in [0.3, 0.4) is 0 Å². The number of carbonyl (C=O) groups is 1. The molecule has 0 spiro atoms. The molecule has 4 heteroatoms. The van der Waals surface area contributed by atoms with Crippen LogP contribution in [0, 0.1) is 5.92 Å². The van der Waals surface area contributed by atoms with E-state index >= 15 is 0 Å². The number of rotatable bonds is 5. The van der Waals surface area contributed by atoms with E-state index < -0.39 is 0 Å². The normalized spacial score (nSPS) is 9.20. The van der Waals surface area contributed by atoms with E-state index in [1.165, 1.54) is 18.2 Å². The highest BCUT2D eigenvalue weighted by molar-refractivity contribution is 5.86. The molecule has 0 fully saturated rings. The highest BCUT2D eigenvalue weighted by Gasteiger charge is 2.05. The van der Waals surface area contributed by atoms with Crippen molar-refractivity contribution in [3.63, 3.8) is 0 Å². The lowest BCUT2D eigenvalue weighted by Crippen LogP contribution is -2.28. The molecular weight excluding hydrogens is 194 g/mol. The molecular formula is C11H23NO3. The van der Waals surface area contributed by atoms with Crippen molar-refractivity contribution in [3.05, 3.63) is 12.7 Å². The Hall–Kier alpha value is -0.870. The summed E-state index contributed by atoms with van der Waals surface area (Å²) in [4.78, 5) is 15.6. The fourth-order valence-electron chi connectivity index (χ4n) is 0.596. The standard InChI is InChI=1S/C7H13NO2.C4H10O/c1-4-6-8(10-3)7(9)5-2;1-4(2)3-5/h5H,2,4,6H2,1,3H3;4-5H,3H2,1-2H3. The van der Waals surface area contributed by atoms with Crippen LogP contribution in [0.2, 0.25) is 0 Å². The van der Waals surface area contributed by atoms with Crippen molar-refractivity contribution >= 4 is 5.91 Å². The van der Waals surface area contributed by atoms with E-state index in [9.17, 15) is 4.79 Å². The Balaban J connectivity index is 0. The zero-order valence-electron chi connectivity index (χ0n) is 10.2. The van der Waals surface area contributed by atoms with Crippen molar-refractivity contribution in [3.8, 4) is 0 Å². The summed E-state index contributed by atoms with van der Waals surface area (Å²) in [6, 6.07) is 0. The molecule has 1 N–H and O–H groups in total. The Labute approximate surface area is 92.5 Å². The van der Waals surface area contributed by atoms with Gasteiger partial charge in [0, 0.05) is 13.2 Å². The Bertz CT molecular complexity index is 169. The number of aliphatic hydroxyl groups is 1. The molecule has 0 aliphatic heterocycles. The van der Waals surface area contributed by atoms with Crippen LogP contribution in [0.4, 0.5) is 0 Å². The maximum absolute atomic E-state index is 10.8. The fraction of sp³-hybridized carbons (Fsp3) is 0.727. The van der Waals surface area contributed by atoms with Gasteiger partial charge in [0.15, 0.2) is 0 Å². The van der Waals surface area contributed by atoms with E-state index in [2.05, 4.69) is 6.58 Å². The Morgan fingerprint density at radius 1 is 1.60 bits per heavy atom. The minimum atomic E-state index is -0.190. The van der Waals surface area contributed by atoms with Gasteiger partial charge in [-0.25, -0.2) is 5.06 Å². The molecule has 0 heterocycles. The first-order valence-corrected chi connectivity index (χ1v) is 5.12. The number of hydrogen-bond acceptors (Lipinski definition) is 3. The van der Waals surface area contributed by atoms with Crippen LogP contribution >= 0.6 is 0 Å². The molecule has 0 radical (unpaired) electrons. The topological polar surface area (TPSA) is 49.8 Å². The molecule has 0 saturated carbocycles. The maximum atomic E-state index is 10.8. The fourth-order valence-corrected chi connectivity index (χ4v) is 0.596. The molecule has 4 nitrogen and oxygen atoms in total. The molecule has 0 unspecified atom stereocenters. The summed E-state index contributed by atoms with van der Waals surface area (Å²) in [7, 11) is 1.47. The highest BCUT2D eigenvalue weighted by atomic mass is 16.7. The first kappa shape index (κ1) is 16.6. The second-order valence-electron chi connectivity index (χ2n) is 3.40. The Morgan fingerprint density at radius 2 is 2.07 bits per heavy atom. The summed E-state index contributed by atoms with van der Waals surface area (Å²) in [6.07, 6.45) is 2.12. The summed E-state index contributed by atoms with van der Waals surface area (Å²) < 4.78 is 0. The van der Waals surface area contributed by atoms with Crippen molar-refractivity contribution < 1.29 is 14.7 Å². The molecule has 0 aliphatic carbocycles. The second-order valence-corrected chi connectivity index (χ2v) is 3.40. The van der Waals surface area contributed by atoms with E-state index in [0.717, 1.165) is 6.42 Å². The van der Waals surface area contributed by atoms with Crippen molar-refractivity contribution in [1.82, 2.24) is 5.06 Å². The third-order valence-electron chi connectivity index (χ3n) is 1.43. The summed E-state index contributed by atoms with van der Waals surface area (Å²) in [5.74, 6) is 0.249. The Kier molecular flexibility index (Phi) is 12.4. The number of amides is 1. The monoisotopic (exact) mass is 217 g/mol. The van der Waals surface area contributed by atoms with Crippen LogP contribution in [0.25, 0.3) is 0 Å². The van der Waals surface area contributed by atoms with Gasteiger partial charge in [-0.15, -0.1) is 0 Å². The molecule has 0 bridgehead atoms. The SMILES string of the molecule is C=CC(=O)N(CCC)OC.CC(C)CO. The van der Waals surface area contributed by atoms with Crippen molar-refractivity contribution in [1.29, 1.82) is 0 Å². The average Bonchev–Trinajstić information content (AvgIpc) is 2.25. The largest absolute Gasteiger partial charge is 0.396 e. The zero-order chi connectivity index (χ0) is 12.3. The van der Waals surface area contributed by atoms with E-state index in [1.807, 2.05) is 20.8 Å².